The van der Waals surface area contributed by atoms with Gasteiger partial charge in [0, 0.05) is 22.0 Å². The molecular formula is C15H16Cl2N2OS. The van der Waals surface area contributed by atoms with Crippen LogP contribution in [0.3, 0.4) is 0 Å². The molecule has 0 amide bonds. The molecule has 1 heterocycles. The van der Waals surface area contributed by atoms with E-state index in [2.05, 4.69) is 4.98 Å². The van der Waals surface area contributed by atoms with Crippen LogP contribution in [0, 0.1) is 6.92 Å². The van der Waals surface area contributed by atoms with Crippen LogP contribution in [0.5, 0.6) is 0 Å². The molecule has 2 rings (SSSR count). The molecule has 0 saturated carbocycles. The molecule has 3 nitrogen and oxygen atoms in total. The van der Waals surface area contributed by atoms with Crippen molar-refractivity contribution in [3.63, 3.8) is 0 Å². The molecule has 6 heteroatoms. The number of benzene rings is 1. The first-order valence-corrected chi connectivity index (χ1v) is 8.12. The van der Waals surface area contributed by atoms with Gasteiger partial charge in [0.1, 0.15) is 0 Å². The molecule has 0 radical (unpaired) electrons. The van der Waals surface area contributed by atoms with Gasteiger partial charge in [-0.2, -0.15) is 0 Å². The van der Waals surface area contributed by atoms with Crippen LogP contribution in [0.4, 0.5) is 0 Å². The van der Waals surface area contributed by atoms with Crippen molar-refractivity contribution in [3.8, 4) is 0 Å². The zero-order valence-electron chi connectivity index (χ0n) is 12.1. The van der Waals surface area contributed by atoms with E-state index in [1.54, 1.807) is 29.5 Å². The van der Waals surface area contributed by atoms with E-state index < -0.39 is 0 Å². The zero-order chi connectivity index (χ0) is 15.6. The maximum atomic E-state index is 12.6. The van der Waals surface area contributed by atoms with Gasteiger partial charge < -0.3 is 0 Å². The molecular weight excluding hydrogens is 327 g/mol. The number of hydrogen-bond donors (Lipinski definition) is 0. The van der Waals surface area contributed by atoms with Crippen LogP contribution >= 0.6 is 34.5 Å². The van der Waals surface area contributed by atoms with E-state index in [0.29, 0.717) is 22.2 Å². The highest BCUT2D eigenvalue weighted by Gasteiger charge is 2.22. The van der Waals surface area contributed by atoms with Crippen LogP contribution in [0.25, 0.3) is 0 Å². The fourth-order valence-electron chi connectivity index (χ4n) is 1.96. The highest BCUT2D eigenvalue weighted by Crippen LogP contribution is 2.24. The largest absolute Gasteiger partial charge is 0.292 e. The van der Waals surface area contributed by atoms with Crippen molar-refractivity contribution in [2.75, 3.05) is 7.05 Å². The lowest BCUT2D eigenvalue weighted by molar-refractivity contribution is 0.0863. The molecule has 0 N–H and O–H groups in total. The average Bonchev–Trinajstić information content (AvgIpc) is 2.82. The van der Waals surface area contributed by atoms with Gasteiger partial charge in [-0.1, -0.05) is 23.2 Å². The minimum absolute atomic E-state index is 0.0127. The van der Waals surface area contributed by atoms with Gasteiger partial charge in [0.05, 0.1) is 22.3 Å². The maximum Gasteiger partial charge on any atom is 0.181 e. The summed E-state index contributed by atoms with van der Waals surface area (Å²) in [5.41, 5.74) is 3.33. The Labute approximate surface area is 138 Å². The van der Waals surface area contributed by atoms with Gasteiger partial charge in [0.15, 0.2) is 5.78 Å². The Morgan fingerprint density at radius 2 is 2.14 bits per heavy atom. The van der Waals surface area contributed by atoms with E-state index in [-0.39, 0.29) is 11.8 Å². The van der Waals surface area contributed by atoms with Crippen LogP contribution < -0.4 is 0 Å². The summed E-state index contributed by atoms with van der Waals surface area (Å²) in [6, 6.07) is 4.68. The van der Waals surface area contributed by atoms with Crippen molar-refractivity contribution in [1.82, 2.24) is 9.88 Å². The first kappa shape index (κ1) is 16.4. The predicted octanol–water partition coefficient (Wildman–Crippen LogP) is 4.46. The molecule has 1 unspecified atom stereocenters. The van der Waals surface area contributed by atoms with Crippen molar-refractivity contribution >= 4 is 40.3 Å². The van der Waals surface area contributed by atoms with E-state index in [1.807, 2.05) is 31.3 Å². The zero-order valence-corrected chi connectivity index (χ0v) is 14.4. The molecule has 0 bridgehead atoms. The Hall–Kier alpha value is -0.940. The van der Waals surface area contributed by atoms with Crippen molar-refractivity contribution in [2.45, 2.75) is 26.4 Å². The normalized spacial score (nSPS) is 12.7. The van der Waals surface area contributed by atoms with E-state index in [0.717, 1.165) is 5.69 Å². The number of halogens is 2. The smallest absolute Gasteiger partial charge is 0.181 e. The van der Waals surface area contributed by atoms with Crippen LogP contribution in [-0.4, -0.2) is 28.8 Å². The van der Waals surface area contributed by atoms with Gasteiger partial charge in [-0.05, 0) is 39.1 Å². The van der Waals surface area contributed by atoms with Crippen molar-refractivity contribution in [1.29, 1.82) is 0 Å². The van der Waals surface area contributed by atoms with Crippen molar-refractivity contribution in [3.05, 3.63) is 49.9 Å². The number of likely N-dealkylation sites (N-methyl/N-ethyl adjacent to an activating group) is 1. The van der Waals surface area contributed by atoms with E-state index >= 15 is 0 Å². The summed E-state index contributed by atoms with van der Waals surface area (Å²) in [7, 11) is 1.92. The lowest BCUT2D eigenvalue weighted by Gasteiger charge is -2.23. The summed E-state index contributed by atoms with van der Waals surface area (Å²) in [5, 5.41) is 0.916. The number of thiazole rings is 1. The monoisotopic (exact) mass is 342 g/mol. The third kappa shape index (κ3) is 3.83. The average molecular weight is 343 g/mol. The molecule has 1 atom stereocenters. The minimum Gasteiger partial charge on any atom is -0.292 e. The van der Waals surface area contributed by atoms with E-state index in [1.165, 1.54) is 4.88 Å². The number of aryl methyl sites for hydroxylation is 1. The highest BCUT2D eigenvalue weighted by atomic mass is 35.5. The summed E-state index contributed by atoms with van der Waals surface area (Å²) in [4.78, 5) is 19.9. The Morgan fingerprint density at radius 3 is 2.71 bits per heavy atom. The summed E-state index contributed by atoms with van der Waals surface area (Å²) in [5.74, 6) is -0.0127. The predicted molar refractivity (Wildman–Crippen MR) is 88.6 cm³/mol. The van der Waals surface area contributed by atoms with E-state index in [9.17, 15) is 4.79 Å². The van der Waals surface area contributed by atoms with Crippen LogP contribution in [0.2, 0.25) is 10.0 Å². The molecule has 0 saturated heterocycles. The molecule has 112 valence electrons. The second-order valence-corrected chi connectivity index (χ2v) is 6.72. The summed E-state index contributed by atoms with van der Waals surface area (Å²) >= 11 is 13.6. The van der Waals surface area contributed by atoms with E-state index in [4.69, 9.17) is 23.2 Å². The number of rotatable bonds is 5. The van der Waals surface area contributed by atoms with Crippen molar-refractivity contribution < 1.29 is 4.79 Å². The molecule has 0 fully saturated rings. The molecule has 1 aromatic carbocycles. The first-order chi connectivity index (χ1) is 9.90. The number of Topliss-reactive ketones (excluding diaryl/α,β-unsaturated/α-hetero) is 1. The molecule has 21 heavy (non-hydrogen) atoms. The lowest BCUT2D eigenvalue weighted by Crippen LogP contribution is -2.35. The molecule has 0 aliphatic rings. The second-order valence-electron chi connectivity index (χ2n) is 4.94. The number of carbonyl (C=O) groups excluding carboxylic acids is 1. The molecule has 1 aromatic heterocycles. The minimum atomic E-state index is -0.273. The van der Waals surface area contributed by atoms with Gasteiger partial charge in [0.2, 0.25) is 0 Å². The standard InChI is InChI=1S/C15H16Cl2N2OS/c1-9-14(21-8-18-9)7-19(3)10(2)15(20)12-5-4-11(16)6-13(12)17/h4-6,8,10H,7H2,1-3H3. The summed E-state index contributed by atoms with van der Waals surface area (Å²) < 4.78 is 0. The first-order valence-electron chi connectivity index (χ1n) is 6.48. The number of hydrogen-bond acceptors (Lipinski definition) is 4. The summed E-state index contributed by atoms with van der Waals surface area (Å²) in [6.07, 6.45) is 0. The fourth-order valence-corrected chi connectivity index (χ4v) is 3.30. The third-order valence-corrected chi connectivity index (χ3v) is 4.94. The van der Waals surface area contributed by atoms with Gasteiger partial charge in [0.25, 0.3) is 0 Å². The second kappa shape index (κ2) is 6.88. The molecule has 0 aliphatic heterocycles. The topological polar surface area (TPSA) is 33.2 Å². The number of ketones is 1. The van der Waals surface area contributed by atoms with Gasteiger partial charge in [-0.15, -0.1) is 11.3 Å². The van der Waals surface area contributed by atoms with Gasteiger partial charge in [-0.25, -0.2) is 4.98 Å². The van der Waals surface area contributed by atoms with Crippen LogP contribution in [0.1, 0.15) is 27.9 Å². The Morgan fingerprint density at radius 1 is 1.43 bits per heavy atom. The summed E-state index contributed by atoms with van der Waals surface area (Å²) in [6.45, 7) is 4.54. The lowest BCUT2D eigenvalue weighted by atomic mass is 10.0. The van der Waals surface area contributed by atoms with Crippen molar-refractivity contribution in [2.24, 2.45) is 0 Å². The van der Waals surface area contributed by atoms with Crippen LogP contribution in [-0.2, 0) is 6.54 Å². The molecule has 0 spiro atoms. The van der Waals surface area contributed by atoms with Gasteiger partial charge >= 0.3 is 0 Å². The number of carbonyl (C=O) groups is 1. The number of nitrogens with zero attached hydrogens (tertiary/aromatic N) is 2. The SMILES string of the molecule is Cc1ncsc1CN(C)C(C)C(=O)c1ccc(Cl)cc1Cl. The Bertz CT molecular complexity index is 657. The fraction of sp³-hybridized carbons (Fsp3) is 0.333. The van der Waals surface area contributed by atoms with Crippen LogP contribution in [0.15, 0.2) is 23.7 Å². The quantitative estimate of drug-likeness (QED) is 0.752. The third-order valence-electron chi connectivity index (χ3n) is 3.48. The Balaban J connectivity index is 2.13. The maximum absolute atomic E-state index is 12.6. The Kier molecular flexibility index (Phi) is 5.38. The highest BCUT2D eigenvalue weighted by molar-refractivity contribution is 7.09. The molecule has 0 aliphatic carbocycles. The van der Waals surface area contributed by atoms with Gasteiger partial charge in [-0.3, -0.25) is 9.69 Å². The molecule has 2 aromatic rings. The number of aromatic nitrogens is 1.